The number of benzene rings is 1. The zero-order valence-corrected chi connectivity index (χ0v) is 15.6. The van der Waals surface area contributed by atoms with Gasteiger partial charge in [-0.05, 0) is 42.1 Å². The summed E-state index contributed by atoms with van der Waals surface area (Å²) >= 11 is 1.59. The summed E-state index contributed by atoms with van der Waals surface area (Å²) in [4.78, 5) is 20.0. The first-order valence-electron chi connectivity index (χ1n) is 7.19. The number of hydrogen-bond donors (Lipinski definition) is 0. The molecule has 130 valence electrons. The van der Waals surface area contributed by atoms with Gasteiger partial charge in [-0.1, -0.05) is 10.5 Å². The summed E-state index contributed by atoms with van der Waals surface area (Å²) in [5.74, 6) is -0.236. The first-order valence-corrected chi connectivity index (χ1v) is 9.51. The molecule has 0 saturated carbocycles. The summed E-state index contributed by atoms with van der Waals surface area (Å²) in [5.41, 5.74) is 1.45. The van der Waals surface area contributed by atoms with Crippen LogP contribution in [0.2, 0.25) is 0 Å². The van der Waals surface area contributed by atoms with E-state index in [4.69, 9.17) is 4.84 Å². The molecule has 6 nitrogen and oxygen atoms in total. The highest BCUT2D eigenvalue weighted by Gasteiger charge is 2.22. The monoisotopic (exact) mass is 368 g/mol. The molecule has 1 amide bonds. The van der Waals surface area contributed by atoms with Crippen molar-refractivity contribution < 1.29 is 18.0 Å². The van der Waals surface area contributed by atoms with Crippen molar-refractivity contribution in [1.29, 1.82) is 0 Å². The fourth-order valence-corrected chi connectivity index (χ4v) is 4.09. The molecule has 2 aromatic rings. The zero-order chi connectivity index (χ0) is 17.9. The predicted molar refractivity (Wildman–Crippen MR) is 93.3 cm³/mol. The average molecular weight is 368 g/mol. The van der Waals surface area contributed by atoms with Gasteiger partial charge in [-0.25, -0.2) is 8.42 Å². The second-order valence-corrected chi connectivity index (χ2v) is 8.25. The van der Waals surface area contributed by atoms with Crippen LogP contribution in [0.3, 0.4) is 0 Å². The lowest BCUT2D eigenvalue weighted by Crippen LogP contribution is -2.28. The van der Waals surface area contributed by atoms with E-state index < -0.39 is 10.0 Å². The Balaban J connectivity index is 2.25. The van der Waals surface area contributed by atoms with E-state index >= 15 is 0 Å². The molecule has 0 atom stereocenters. The number of nitrogens with zero attached hydrogens (tertiary/aromatic N) is 2. The summed E-state index contributed by atoms with van der Waals surface area (Å²) in [7, 11) is 0.482. The molecule has 0 saturated heterocycles. The van der Waals surface area contributed by atoms with Crippen LogP contribution >= 0.6 is 11.3 Å². The van der Waals surface area contributed by atoms with Gasteiger partial charge in [0.25, 0.3) is 15.9 Å². The molecule has 24 heavy (non-hydrogen) atoms. The Morgan fingerprint density at radius 3 is 2.54 bits per heavy atom. The van der Waals surface area contributed by atoms with Crippen molar-refractivity contribution in [1.82, 2.24) is 9.37 Å². The maximum Gasteiger partial charge on any atom is 0.264 e. The van der Waals surface area contributed by atoms with Crippen LogP contribution in [0.15, 0.2) is 40.6 Å². The highest BCUT2D eigenvalue weighted by atomic mass is 32.2. The van der Waals surface area contributed by atoms with Gasteiger partial charge in [-0.15, -0.1) is 11.3 Å². The number of rotatable bonds is 6. The molecule has 0 aliphatic carbocycles. The minimum atomic E-state index is -3.78. The van der Waals surface area contributed by atoms with Gasteiger partial charge in [0.05, 0.1) is 18.6 Å². The third-order valence-corrected chi connectivity index (χ3v) is 6.35. The summed E-state index contributed by atoms with van der Waals surface area (Å²) in [6.45, 7) is 2.48. The van der Waals surface area contributed by atoms with Crippen LogP contribution in [-0.2, 0) is 21.4 Å². The maximum atomic E-state index is 12.6. The summed E-state index contributed by atoms with van der Waals surface area (Å²) in [6, 6.07) is 7.96. The van der Waals surface area contributed by atoms with E-state index in [-0.39, 0.29) is 10.8 Å². The van der Waals surface area contributed by atoms with E-state index in [0.29, 0.717) is 12.1 Å². The first kappa shape index (κ1) is 18.6. The van der Waals surface area contributed by atoms with E-state index in [1.807, 2.05) is 18.4 Å². The van der Waals surface area contributed by atoms with Gasteiger partial charge in [0.1, 0.15) is 0 Å². The Labute approximate surface area is 146 Å². The number of carbonyl (C=O) groups excluding carboxylic acids is 1. The topological polar surface area (TPSA) is 66.9 Å². The molecule has 0 spiro atoms. The molecular formula is C16H20N2O4S2. The quantitative estimate of drug-likeness (QED) is 0.735. The van der Waals surface area contributed by atoms with Crippen LogP contribution in [0.25, 0.3) is 0 Å². The maximum absolute atomic E-state index is 12.6. The van der Waals surface area contributed by atoms with Gasteiger partial charge in [0.15, 0.2) is 0 Å². The van der Waals surface area contributed by atoms with Gasteiger partial charge in [-0.2, -0.15) is 0 Å². The van der Waals surface area contributed by atoms with Crippen molar-refractivity contribution in [3.05, 3.63) is 51.7 Å². The van der Waals surface area contributed by atoms with Crippen molar-refractivity contribution in [2.45, 2.75) is 18.4 Å². The molecule has 0 aliphatic rings. The van der Waals surface area contributed by atoms with Gasteiger partial charge in [0, 0.05) is 24.5 Å². The number of aryl methyl sites for hydroxylation is 1. The van der Waals surface area contributed by atoms with E-state index in [2.05, 4.69) is 0 Å². The number of sulfonamides is 1. The smallest absolute Gasteiger partial charge is 0.264 e. The van der Waals surface area contributed by atoms with Crippen molar-refractivity contribution in [3.8, 4) is 0 Å². The Hall–Kier alpha value is -1.74. The number of hydroxylamine groups is 1. The average Bonchev–Trinajstić information content (AvgIpc) is 2.98. The third-order valence-electron chi connectivity index (χ3n) is 3.67. The normalized spacial score (nSPS) is 11.7. The highest BCUT2D eigenvalue weighted by molar-refractivity contribution is 7.89. The van der Waals surface area contributed by atoms with Gasteiger partial charge >= 0.3 is 0 Å². The molecule has 1 heterocycles. The minimum Gasteiger partial charge on any atom is -0.337 e. The van der Waals surface area contributed by atoms with Crippen LogP contribution < -0.4 is 0 Å². The number of thiophene rings is 1. The molecule has 2 rings (SSSR count). The molecule has 0 radical (unpaired) electrons. The van der Waals surface area contributed by atoms with E-state index in [0.717, 1.165) is 14.9 Å². The van der Waals surface area contributed by atoms with Crippen LogP contribution in [0.5, 0.6) is 0 Å². The largest absolute Gasteiger partial charge is 0.337 e. The number of hydrogen-bond acceptors (Lipinski definition) is 5. The molecule has 0 bridgehead atoms. The van der Waals surface area contributed by atoms with Crippen LogP contribution in [0, 0.1) is 6.92 Å². The van der Waals surface area contributed by atoms with Gasteiger partial charge < -0.3 is 4.90 Å². The molecule has 0 N–H and O–H groups in total. The molecule has 0 unspecified atom stereocenters. The van der Waals surface area contributed by atoms with Crippen LogP contribution in [0.4, 0.5) is 0 Å². The van der Waals surface area contributed by atoms with Gasteiger partial charge in [0.2, 0.25) is 0 Å². The van der Waals surface area contributed by atoms with E-state index in [9.17, 15) is 13.2 Å². The number of amides is 1. The van der Waals surface area contributed by atoms with Crippen LogP contribution in [-0.4, -0.2) is 44.9 Å². The SMILES string of the molecule is CON(C)S(=O)(=O)c1cccc(C(=O)N(C)Cc2sccc2C)c1. The lowest BCUT2D eigenvalue weighted by molar-refractivity contribution is -0.0258. The van der Waals surface area contributed by atoms with Crippen molar-refractivity contribution in [2.75, 3.05) is 21.2 Å². The van der Waals surface area contributed by atoms with Gasteiger partial charge in [-0.3, -0.25) is 9.63 Å². The van der Waals surface area contributed by atoms with Crippen LogP contribution in [0.1, 0.15) is 20.8 Å². The summed E-state index contributed by atoms with van der Waals surface area (Å²) in [6.07, 6.45) is 0. The Morgan fingerprint density at radius 2 is 1.96 bits per heavy atom. The lowest BCUT2D eigenvalue weighted by Gasteiger charge is -2.18. The molecule has 1 aromatic heterocycles. The third kappa shape index (κ3) is 3.84. The summed E-state index contributed by atoms with van der Waals surface area (Å²) < 4.78 is 25.3. The van der Waals surface area contributed by atoms with Crippen molar-refractivity contribution in [3.63, 3.8) is 0 Å². The molecule has 1 aromatic carbocycles. The molecule has 0 fully saturated rings. The Bertz CT molecular complexity index is 830. The first-order chi connectivity index (χ1) is 11.3. The molecule has 8 heteroatoms. The fourth-order valence-electron chi connectivity index (χ4n) is 2.11. The predicted octanol–water partition coefficient (Wildman–Crippen LogP) is 2.51. The number of carbonyl (C=O) groups is 1. The zero-order valence-electron chi connectivity index (χ0n) is 14.0. The highest BCUT2D eigenvalue weighted by Crippen LogP contribution is 2.20. The van der Waals surface area contributed by atoms with E-state index in [1.54, 1.807) is 35.4 Å². The second kappa shape index (κ2) is 7.43. The lowest BCUT2D eigenvalue weighted by atomic mass is 10.2. The molecule has 0 aliphatic heterocycles. The Kier molecular flexibility index (Phi) is 5.76. The second-order valence-electron chi connectivity index (χ2n) is 5.31. The fraction of sp³-hybridized carbons (Fsp3) is 0.312. The standard InChI is InChI=1S/C16H20N2O4S2/c1-12-8-9-23-15(12)11-17(2)16(19)13-6-5-7-14(10-13)24(20,21)18(3)22-4/h5-10H,11H2,1-4H3. The molecular weight excluding hydrogens is 348 g/mol. The summed E-state index contributed by atoms with van der Waals surface area (Å²) in [5, 5.41) is 1.98. The van der Waals surface area contributed by atoms with Crippen molar-refractivity contribution >= 4 is 27.3 Å². The minimum absolute atomic E-state index is 0.0124. The van der Waals surface area contributed by atoms with Crippen molar-refractivity contribution in [2.24, 2.45) is 0 Å². The Morgan fingerprint density at radius 1 is 1.25 bits per heavy atom. The van der Waals surface area contributed by atoms with E-state index in [1.165, 1.54) is 26.3 Å².